The molecule has 2 aliphatic heterocycles. The van der Waals surface area contributed by atoms with Crippen LogP contribution in [0.4, 0.5) is 55.3 Å². The molecule has 0 fully saturated rings. The minimum absolute atomic E-state index is 0.0439. The molecule has 0 atom stereocenters. The van der Waals surface area contributed by atoms with Crippen molar-refractivity contribution >= 4 is 57.3 Å². The van der Waals surface area contributed by atoms with Crippen LogP contribution in [0.25, 0.3) is 22.3 Å². The van der Waals surface area contributed by atoms with Crippen molar-refractivity contribution in [3.63, 3.8) is 0 Å². The van der Waals surface area contributed by atoms with Crippen LogP contribution < -0.4 is 30.0 Å². The molecule has 0 spiro atoms. The highest BCUT2D eigenvalue weighted by molar-refractivity contribution is 6.68. The zero-order valence-electron chi connectivity index (χ0n) is 33.2. The Labute approximate surface area is 374 Å². The van der Waals surface area contributed by atoms with Gasteiger partial charge in [-0.1, -0.05) is 47.5 Å². The maximum Gasteiger partial charge on any atom is 0.586 e. The number of nitrogens with two attached hydrogens (primary N) is 1. The predicted octanol–water partition coefficient (Wildman–Crippen LogP) is 11.7. The van der Waals surface area contributed by atoms with Crippen LogP contribution in [0, 0.1) is 13.8 Å². The molecule has 12 nitrogen and oxygen atoms in total. The number of nitrogen functional groups attached to an aromatic ring is 1. The summed E-state index contributed by atoms with van der Waals surface area (Å²) in [4.78, 5) is 23.1. The molecule has 0 bridgehead atoms. The molecule has 4 aromatic carbocycles. The smallest absolute Gasteiger partial charge is 0.399 e. The van der Waals surface area contributed by atoms with E-state index < -0.39 is 68.9 Å². The molecule has 0 radical (unpaired) electrons. The highest BCUT2D eigenvalue weighted by atomic mass is 35.5. The molecule has 344 valence electrons. The van der Waals surface area contributed by atoms with E-state index >= 15 is 0 Å². The number of alkyl halides is 10. The molecule has 6 aromatic rings. The zero-order chi connectivity index (χ0) is 48.1. The highest BCUT2D eigenvalue weighted by Crippen LogP contribution is 2.46. The third-order valence-corrected chi connectivity index (χ3v) is 9.98. The van der Waals surface area contributed by atoms with Crippen LogP contribution in [0.2, 0.25) is 10.0 Å². The Morgan fingerprint density at radius 1 is 0.631 bits per heavy atom. The van der Waals surface area contributed by atoms with Gasteiger partial charge in [-0.15, -0.1) is 17.6 Å². The average molecular weight is 984 g/mol. The fourth-order valence-electron chi connectivity index (χ4n) is 6.22. The van der Waals surface area contributed by atoms with Gasteiger partial charge in [0.15, 0.2) is 34.4 Å². The van der Waals surface area contributed by atoms with Crippen molar-refractivity contribution in [2.75, 3.05) is 11.1 Å². The molecule has 25 heteroatoms. The summed E-state index contributed by atoms with van der Waals surface area (Å²) in [6, 6.07) is 19.3. The van der Waals surface area contributed by atoms with E-state index in [-0.39, 0.29) is 28.7 Å². The predicted molar refractivity (Wildman–Crippen MR) is 215 cm³/mol. The number of fused-ring (bicyclic) bond motifs is 2. The topological polar surface area (TPSA) is 145 Å². The van der Waals surface area contributed by atoms with E-state index in [9.17, 15) is 53.5 Å². The van der Waals surface area contributed by atoms with Crippen molar-refractivity contribution in [2.45, 2.75) is 38.8 Å². The lowest BCUT2D eigenvalue weighted by Crippen LogP contribution is -2.25. The third-order valence-electron chi connectivity index (χ3n) is 9.09. The molecule has 8 rings (SSSR count). The maximum atomic E-state index is 13.3. The molecule has 2 aromatic heterocycles. The number of hydrogen-bond donors (Lipinski definition) is 2. The Morgan fingerprint density at radius 2 is 0.985 bits per heavy atom. The van der Waals surface area contributed by atoms with Crippen molar-refractivity contribution < 1.29 is 72.4 Å². The molecule has 1 amide bonds. The first-order chi connectivity index (χ1) is 30.0. The Kier molecular flexibility index (Phi) is 13.0. The second kappa shape index (κ2) is 17.5. The summed E-state index contributed by atoms with van der Waals surface area (Å²) in [6.45, 7) is 3.53. The third kappa shape index (κ3) is 10.6. The number of benzene rings is 4. The second-order valence-electron chi connectivity index (χ2n) is 13.8. The van der Waals surface area contributed by atoms with Gasteiger partial charge >= 0.3 is 24.9 Å². The molecule has 3 N–H and O–H groups in total. The number of carbonyl (C=O) groups excluding carboxylic acids is 2. The number of rotatable bonds is 5. The van der Waals surface area contributed by atoms with Crippen molar-refractivity contribution in [3.05, 3.63) is 117 Å². The monoisotopic (exact) mass is 982 g/mol. The molecule has 0 saturated carbocycles. The van der Waals surface area contributed by atoms with Crippen molar-refractivity contribution in [3.8, 4) is 45.3 Å². The summed E-state index contributed by atoms with van der Waals surface area (Å²) in [5.41, 5.74) is 7.32. The van der Waals surface area contributed by atoms with Crippen molar-refractivity contribution in [2.24, 2.45) is 14.1 Å². The van der Waals surface area contributed by atoms with E-state index in [4.69, 9.17) is 40.5 Å². The summed E-state index contributed by atoms with van der Waals surface area (Å²) in [5, 5.41) is 6.12. The average Bonchev–Trinajstić information content (AvgIpc) is 3.88. The van der Waals surface area contributed by atoms with Gasteiger partial charge < -0.3 is 30.0 Å². The summed E-state index contributed by atoms with van der Waals surface area (Å²) in [5.74, 6) is -0.968. The molecule has 4 heterocycles. The first-order valence-electron chi connectivity index (χ1n) is 17.9. The lowest BCUT2D eigenvalue weighted by Gasteiger charge is -2.10. The lowest BCUT2D eigenvalue weighted by molar-refractivity contribution is -0.287. The van der Waals surface area contributed by atoms with Crippen LogP contribution in [0.15, 0.2) is 72.8 Å². The van der Waals surface area contributed by atoms with Crippen LogP contribution in [0.5, 0.6) is 23.0 Å². The van der Waals surface area contributed by atoms with Crippen LogP contribution in [0.3, 0.4) is 0 Å². The van der Waals surface area contributed by atoms with Gasteiger partial charge in [0, 0.05) is 25.5 Å². The summed E-state index contributed by atoms with van der Waals surface area (Å²) in [7, 11) is 2.32. The molecule has 0 aliphatic carbocycles. The molecular weight excluding hydrogens is 957 g/mol. The number of halogens is 13. The number of aryl methyl sites for hydroxylation is 4. The number of nitrogens with one attached hydrogen (secondary N) is 1. The van der Waals surface area contributed by atoms with Gasteiger partial charge in [0.05, 0.1) is 0 Å². The molecule has 2 aliphatic rings. The van der Waals surface area contributed by atoms with Crippen LogP contribution in [-0.2, 0) is 26.4 Å². The summed E-state index contributed by atoms with van der Waals surface area (Å²) in [6.07, 6.45) is -16.8. The van der Waals surface area contributed by atoms with Gasteiger partial charge in [-0.2, -0.15) is 36.5 Å². The van der Waals surface area contributed by atoms with Gasteiger partial charge in [-0.3, -0.25) is 19.0 Å². The standard InChI is InChI=1S/C20H13ClF5N3O3.C14H11F2NO2.C6H3Cl2F3N2O/c1-9-7-13-14(32-20(25,26)31-13)8-12(9)10-3-5-11(6-4-10)27-18(30)16-15(21)17(19(22,23)24)28-29(16)2;1-8-6-12-13(19-14(15,16)18-12)7-11(8)9-2-4-10(17)5-3-9;1-13-3(5(8)14)2(7)4(12-13)6(9,10)11/h3-8H,1-2H3,(H,27,30);2-7H,17H2,1H3;1H3. The number of anilines is 2. The molecular formula is C40H27Cl3F10N6O6. The normalized spacial score (nSPS) is 14.2. The Hall–Kier alpha value is -6.39. The number of hydrogen-bond acceptors (Lipinski definition) is 9. The fraction of sp³-hybridized carbons (Fsp3) is 0.200. The second-order valence-corrected chi connectivity index (χ2v) is 14.9. The number of aromatic nitrogens is 4. The van der Waals surface area contributed by atoms with Gasteiger partial charge in [-0.05, 0) is 107 Å². The van der Waals surface area contributed by atoms with E-state index in [0.717, 1.165) is 28.4 Å². The van der Waals surface area contributed by atoms with Crippen LogP contribution in [0.1, 0.15) is 43.5 Å². The van der Waals surface area contributed by atoms with Gasteiger partial charge in [0.25, 0.3) is 11.1 Å². The van der Waals surface area contributed by atoms with Crippen molar-refractivity contribution in [1.29, 1.82) is 0 Å². The Balaban J connectivity index is 0.000000179. The number of nitrogens with zero attached hydrogens (tertiary/aromatic N) is 4. The van der Waals surface area contributed by atoms with Gasteiger partial charge in [-0.25, -0.2) is 0 Å². The molecule has 65 heavy (non-hydrogen) atoms. The minimum Gasteiger partial charge on any atom is -0.399 e. The maximum absolute atomic E-state index is 13.3. The molecule has 0 unspecified atom stereocenters. The first kappa shape index (κ1) is 48.1. The largest absolute Gasteiger partial charge is 0.586 e. The number of ether oxygens (including phenoxy) is 4. The fourth-order valence-corrected chi connectivity index (χ4v) is 7.19. The SMILES string of the molecule is Cc1cc2c(cc1-c1ccc(N)cc1)OC(F)(F)O2.Cc1cc2c(cc1-c1ccc(NC(=O)c3c(Cl)c(C(F)(F)F)nn3C)cc1)OC(F)(F)O2.Cn1nc(C(F)(F)F)c(Cl)c1C(=O)Cl. The molecule has 0 saturated heterocycles. The highest BCUT2D eigenvalue weighted by Gasteiger charge is 2.45. The van der Waals surface area contributed by atoms with Crippen LogP contribution in [-0.4, -0.2) is 43.3 Å². The summed E-state index contributed by atoms with van der Waals surface area (Å²) >= 11 is 16.1. The van der Waals surface area contributed by atoms with Gasteiger partial charge in [0.2, 0.25) is 0 Å². The van der Waals surface area contributed by atoms with E-state index in [1.165, 1.54) is 31.3 Å². The summed E-state index contributed by atoms with van der Waals surface area (Å²) < 4.78 is 147. The number of carbonyl (C=O) groups is 2. The van der Waals surface area contributed by atoms with E-state index in [1.54, 1.807) is 43.3 Å². The first-order valence-corrected chi connectivity index (χ1v) is 19.1. The van der Waals surface area contributed by atoms with Crippen molar-refractivity contribution in [1.82, 2.24) is 19.6 Å². The zero-order valence-corrected chi connectivity index (χ0v) is 35.4. The van der Waals surface area contributed by atoms with Crippen LogP contribution >= 0.6 is 34.8 Å². The number of amides is 1. The lowest BCUT2D eigenvalue weighted by atomic mass is 9.99. The van der Waals surface area contributed by atoms with Gasteiger partial charge in [0.1, 0.15) is 21.4 Å². The Bertz CT molecular complexity index is 2810. The van der Waals surface area contributed by atoms with E-state index in [0.29, 0.717) is 27.1 Å². The Morgan fingerprint density at radius 3 is 1.34 bits per heavy atom. The van der Waals surface area contributed by atoms with E-state index in [2.05, 4.69) is 34.5 Å². The minimum atomic E-state index is -4.80. The quantitative estimate of drug-likeness (QED) is 0.0979. The van der Waals surface area contributed by atoms with E-state index in [1.807, 2.05) is 19.1 Å².